The molecule has 1 heterocycles. The number of rotatable bonds is 7. The van der Waals surface area contributed by atoms with Crippen molar-refractivity contribution in [1.29, 1.82) is 0 Å². The molecule has 1 saturated heterocycles. The lowest BCUT2D eigenvalue weighted by Gasteiger charge is -2.14. The number of thioether (sulfide) groups is 1. The summed E-state index contributed by atoms with van der Waals surface area (Å²) in [4.78, 5) is 38.6. The molecule has 32 heavy (non-hydrogen) atoms. The van der Waals surface area contributed by atoms with Gasteiger partial charge >= 0.3 is 0 Å². The number of halogens is 1. The number of allylic oxidation sites excluding steroid dienone is 2. The summed E-state index contributed by atoms with van der Waals surface area (Å²) in [6, 6.07) is 16.1. The van der Waals surface area contributed by atoms with E-state index in [-0.39, 0.29) is 18.2 Å². The van der Waals surface area contributed by atoms with Crippen LogP contribution in [0.25, 0.3) is 6.08 Å². The monoisotopic (exact) mass is 485 g/mol. The van der Waals surface area contributed by atoms with Crippen LogP contribution in [-0.4, -0.2) is 33.5 Å². The Kier molecular flexibility index (Phi) is 8.61. The third-order valence-corrected chi connectivity index (χ3v) is 6.06. The first kappa shape index (κ1) is 23.7. The highest BCUT2D eigenvalue weighted by Gasteiger charge is 2.31. The molecule has 1 fully saturated rings. The molecule has 9 heteroatoms. The molecule has 0 spiro atoms. The first-order valence-corrected chi connectivity index (χ1v) is 11.4. The molecule has 1 aliphatic rings. The second kappa shape index (κ2) is 11.6. The summed E-state index contributed by atoms with van der Waals surface area (Å²) in [6.45, 7) is 0.322. The van der Waals surface area contributed by atoms with Crippen molar-refractivity contribution >= 4 is 63.7 Å². The van der Waals surface area contributed by atoms with Crippen LogP contribution in [0.5, 0.6) is 0 Å². The van der Waals surface area contributed by atoms with Crippen molar-refractivity contribution in [3.05, 3.63) is 87.8 Å². The van der Waals surface area contributed by atoms with Gasteiger partial charge in [0.25, 0.3) is 11.8 Å². The normalized spacial score (nSPS) is 14.9. The van der Waals surface area contributed by atoms with E-state index in [4.69, 9.17) is 23.8 Å². The van der Waals surface area contributed by atoms with Crippen LogP contribution in [0.4, 0.5) is 0 Å². The molecule has 0 unspecified atom stereocenters. The van der Waals surface area contributed by atoms with Gasteiger partial charge in [0.1, 0.15) is 4.32 Å². The molecule has 164 valence electrons. The summed E-state index contributed by atoms with van der Waals surface area (Å²) in [5, 5.41) is 0.517. The molecule has 2 aromatic carbocycles. The second-order valence-corrected chi connectivity index (χ2v) is 8.85. The standard InChI is InChI=1S/C23H20ClN3O3S2/c24-18-13-11-17(12-14-18)21(29)26-25-20(28)10-5-15-27-22(30)19(32-23(27)31)9-4-8-16-6-2-1-3-7-16/h1-4,6-9,11-14H,5,10,15H2,(H,25,28)(H,26,29). The number of hydrogen-bond donors (Lipinski definition) is 2. The van der Waals surface area contributed by atoms with Gasteiger partial charge in [0.15, 0.2) is 0 Å². The minimum Gasteiger partial charge on any atom is -0.293 e. The van der Waals surface area contributed by atoms with Gasteiger partial charge in [-0.25, -0.2) is 0 Å². The predicted molar refractivity (Wildman–Crippen MR) is 132 cm³/mol. The van der Waals surface area contributed by atoms with Crippen LogP contribution in [0, 0.1) is 0 Å². The zero-order chi connectivity index (χ0) is 22.9. The molecular weight excluding hydrogens is 466 g/mol. The van der Waals surface area contributed by atoms with Crippen LogP contribution in [-0.2, 0) is 9.59 Å². The van der Waals surface area contributed by atoms with E-state index in [0.29, 0.717) is 32.8 Å². The third-order valence-electron chi connectivity index (χ3n) is 4.42. The van der Waals surface area contributed by atoms with Gasteiger partial charge in [0, 0.05) is 23.6 Å². The zero-order valence-corrected chi connectivity index (χ0v) is 19.3. The zero-order valence-electron chi connectivity index (χ0n) is 16.9. The van der Waals surface area contributed by atoms with E-state index in [1.165, 1.54) is 16.7 Å². The summed E-state index contributed by atoms with van der Waals surface area (Å²) in [5.74, 6) is -0.978. The number of amides is 3. The second-order valence-electron chi connectivity index (χ2n) is 6.74. The fourth-order valence-electron chi connectivity index (χ4n) is 2.78. The summed E-state index contributed by atoms with van der Waals surface area (Å²) >= 11 is 12.3. The number of hydrazine groups is 1. The Labute approximate surface area is 200 Å². The van der Waals surface area contributed by atoms with Crippen LogP contribution in [0.1, 0.15) is 28.8 Å². The largest absolute Gasteiger partial charge is 0.293 e. The average Bonchev–Trinajstić information content (AvgIpc) is 3.06. The van der Waals surface area contributed by atoms with E-state index in [1.54, 1.807) is 30.3 Å². The summed E-state index contributed by atoms with van der Waals surface area (Å²) in [5.41, 5.74) is 6.12. The number of nitrogens with zero attached hydrogens (tertiary/aromatic N) is 1. The van der Waals surface area contributed by atoms with Gasteiger partial charge in [0.2, 0.25) is 5.91 Å². The van der Waals surface area contributed by atoms with E-state index < -0.39 is 5.91 Å². The minimum atomic E-state index is -0.444. The molecule has 0 atom stereocenters. The van der Waals surface area contributed by atoms with E-state index in [0.717, 1.165) is 5.56 Å². The molecule has 0 bridgehead atoms. The van der Waals surface area contributed by atoms with Gasteiger partial charge in [-0.15, -0.1) is 0 Å². The average molecular weight is 486 g/mol. The highest BCUT2D eigenvalue weighted by atomic mass is 35.5. The van der Waals surface area contributed by atoms with Crippen molar-refractivity contribution in [2.75, 3.05) is 6.54 Å². The molecule has 0 aliphatic carbocycles. The summed E-state index contributed by atoms with van der Waals surface area (Å²) in [6.07, 6.45) is 6.01. The van der Waals surface area contributed by atoms with Crippen LogP contribution in [0.15, 0.2) is 71.7 Å². The summed E-state index contributed by atoms with van der Waals surface area (Å²) < 4.78 is 0.464. The fourth-order valence-corrected chi connectivity index (χ4v) is 4.16. The molecule has 2 N–H and O–H groups in total. The fraction of sp³-hybridized carbons (Fsp3) is 0.130. The highest BCUT2D eigenvalue weighted by molar-refractivity contribution is 8.26. The van der Waals surface area contributed by atoms with Gasteiger partial charge in [-0.1, -0.05) is 78.1 Å². The van der Waals surface area contributed by atoms with E-state index in [1.807, 2.05) is 42.5 Å². The number of hydrogen-bond acceptors (Lipinski definition) is 5. The Morgan fingerprint density at radius 3 is 2.50 bits per heavy atom. The maximum atomic E-state index is 12.6. The molecule has 2 aromatic rings. The number of nitrogens with one attached hydrogen (secondary N) is 2. The molecule has 1 aliphatic heterocycles. The highest BCUT2D eigenvalue weighted by Crippen LogP contribution is 2.31. The maximum absolute atomic E-state index is 12.6. The lowest BCUT2D eigenvalue weighted by atomic mass is 10.2. The van der Waals surface area contributed by atoms with Gasteiger partial charge in [0.05, 0.1) is 4.91 Å². The molecule has 3 amide bonds. The number of carbonyl (C=O) groups excluding carboxylic acids is 3. The molecule has 0 radical (unpaired) electrons. The van der Waals surface area contributed by atoms with Gasteiger partial charge in [-0.3, -0.25) is 30.1 Å². The van der Waals surface area contributed by atoms with E-state index in [9.17, 15) is 14.4 Å². The smallest absolute Gasteiger partial charge is 0.269 e. The van der Waals surface area contributed by atoms with Gasteiger partial charge < -0.3 is 0 Å². The Morgan fingerprint density at radius 1 is 1.06 bits per heavy atom. The van der Waals surface area contributed by atoms with E-state index in [2.05, 4.69) is 10.9 Å². The van der Waals surface area contributed by atoms with Crippen LogP contribution >= 0.6 is 35.6 Å². The lowest BCUT2D eigenvalue weighted by Crippen LogP contribution is -2.41. The molecule has 0 saturated carbocycles. The molecule has 0 aromatic heterocycles. The number of thiocarbonyl (C=S) groups is 1. The maximum Gasteiger partial charge on any atom is 0.269 e. The molecular formula is C23H20ClN3O3S2. The quantitative estimate of drug-likeness (QED) is 0.346. The Hall–Kier alpha value is -2.94. The van der Waals surface area contributed by atoms with Crippen LogP contribution in [0.3, 0.4) is 0 Å². The van der Waals surface area contributed by atoms with Crippen molar-refractivity contribution < 1.29 is 14.4 Å². The molecule has 6 nitrogen and oxygen atoms in total. The Balaban J connectivity index is 1.42. The van der Waals surface area contributed by atoms with Crippen molar-refractivity contribution in [3.8, 4) is 0 Å². The van der Waals surface area contributed by atoms with E-state index >= 15 is 0 Å². The third kappa shape index (κ3) is 6.78. The van der Waals surface area contributed by atoms with Crippen molar-refractivity contribution in [2.45, 2.75) is 12.8 Å². The van der Waals surface area contributed by atoms with Crippen molar-refractivity contribution in [2.24, 2.45) is 0 Å². The van der Waals surface area contributed by atoms with Gasteiger partial charge in [-0.2, -0.15) is 0 Å². The van der Waals surface area contributed by atoms with Crippen molar-refractivity contribution in [1.82, 2.24) is 15.8 Å². The number of benzene rings is 2. The molecule has 3 rings (SSSR count). The van der Waals surface area contributed by atoms with Crippen LogP contribution < -0.4 is 10.9 Å². The SMILES string of the molecule is O=C(CCCN1C(=O)C(=CC=Cc2ccccc2)SC1=S)NNC(=O)c1ccc(Cl)cc1. The Morgan fingerprint density at radius 2 is 1.78 bits per heavy atom. The predicted octanol–water partition coefficient (Wildman–Crippen LogP) is 4.34. The summed E-state index contributed by atoms with van der Waals surface area (Å²) in [7, 11) is 0. The van der Waals surface area contributed by atoms with Crippen LogP contribution in [0.2, 0.25) is 5.02 Å². The van der Waals surface area contributed by atoms with Crippen molar-refractivity contribution in [3.63, 3.8) is 0 Å². The first-order valence-electron chi connectivity index (χ1n) is 9.76. The first-order chi connectivity index (χ1) is 15.4. The van der Waals surface area contributed by atoms with Gasteiger partial charge in [-0.05, 0) is 42.3 Å². The lowest BCUT2D eigenvalue weighted by molar-refractivity contribution is -0.124. The Bertz CT molecular complexity index is 1070. The number of carbonyl (C=O) groups is 3. The topological polar surface area (TPSA) is 78.5 Å². The minimum absolute atomic E-state index is 0.130.